The maximum absolute atomic E-state index is 12.2. The molecule has 0 heterocycles. The maximum atomic E-state index is 12.2. The Morgan fingerprint density at radius 1 is 1.00 bits per heavy atom. The zero-order valence-corrected chi connectivity index (χ0v) is 14.6. The summed E-state index contributed by atoms with van der Waals surface area (Å²) < 4.78 is 10.7. The van der Waals surface area contributed by atoms with E-state index in [1.165, 1.54) is 19.3 Å². The zero-order chi connectivity index (χ0) is 17.2. The Hall–Kier alpha value is -1.84. The van der Waals surface area contributed by atoms with Crippen LogP contribution in [0.2, 0.25) is 0 Å². The minimum Gasteiger partial charge on any atom is -0.462 e. The number of hydrogen-bond donors (Lipinski definition) is 0. The van der Waals surface area contributed by atoms with E-state index in [1.54, 1.807) is 24.3 Å². The van der Waals surface area contributed by atoms with Crippen LogP contribution in [0, 0.1) is 5.92 Å². The number of esters is 2. The van der Waals surface area contributed by atoms with Crippen LogP contribution in [-0.2, 0) is 9.47 Å². The number of carbonyl (C=O) groups is 2. The van der Waals surface area contributed by atoms with E-state index < -0.39 is 0 Å². The molecule has 132 valence electrons. The molecule has 1 aliphatic rings. The molecule has 2 rings (SSSR count). The van der Waals surface area contributed by atoms with Crippen molar-refractivity contribution in [1.82, 2.24) is 0 Å². The fourth-order valence-corrected chi connectivity index (χ4v) is 3.00. The highest BCUT2D eigenvalue weighted by atomic mass is 16.5. The molecule has 1 aromatic carbocycles. The van der Waals surface area contributed by atoms with E-state index in [9.17, 15) is 9.59 Å². The normalized spacial score (nSPS) is 15.0. The van der Waals surface area contributed by atoms with Gasteiger partial charge in [-0.15, -0.1) is 0 Å². The van der Waals surface area contributed by atoms with Gasteiger partial charge in [-0.05, 0) is 43.4 Å². The second-order valence-corrected chi connectivity index (χ2v) is 6.53. The van der Waals surface area contributed by atoms with Gasteiger partial charge in [-0.25, -0.2) is 9.59 Å². The second-order valence-electron chi connectivity index (χ2n) is 6.53. The lowest BCUT2D eigenvalue weighted by atomic mass is 9.90. The van der Waals surface area contributed by atoms with Crippen molar-refractivity contribution in [1.29, 1.82) is 0 Å². The highest BCUT2D eigenvalue weighted by Crippen LogP contribution is 2.24. The van der Waals surface area contributed by atoms with Crippen LogP contribution in [0.5, 0.6) is 0 Å². The molecule has 4 heteroatoms. The first-order valence-electron chi connectivity index (χ1n) is 9.15. The molecule has 0 N–H and O–H groups in total. The number of benzene rings is 1. The second kappa shape index (κ2) is 10.1. The van der Waals surface area contributed by atoms with Crippen LogP contribution < -0.4 is 0 Å². The van der Waals surface area contributed by atoms with E-state index in [0.29, 0.717) is 30.3 Å². The van der Waals surface area contributed by atoms with Crippen molar-refractivity contribution >= 4 is 11.9 Å². The summed E-state index contributed by atoms with van der Waals surface area (Å²) in [6.45, 7) is 3.00. The molecule has 1 fully saturated rings. The molecule has 0 aliphatic heterocycles. The summed E-state index contributed by atoms with van der Waals surface area (Å²) in [5.41, 5.74) is 0.812. The minimum atomic E-state index is -0.381. The molecule has 1 aliphatic carbocycles. The third-order valence-corrected chi connectivity index (χ3v) is 4.49. The molecule has 1 aromatic rings. The first-order chi connectivity index (χ1) is 11.7. The van der Waals surface area contributed by atoms with Crippen LogP contribution in [0.15, 0.2) is 24.3 Å². The standard InChI is InChI=1S/C20H28O4/c1-2-3-7-13-23-19(21)17-11-8-12-18(14-17)20(22)24-15-16-9-5-4-6-10-16/h8,11-12,14,16H,2-7,9-10,13,15H2,1H3. The monoisotopic (exact) mass is 332 g/mol. The smallest absolute Gasteiger partial charge is 0.338 e. The average molecular weight is 332 g/mol. The van der Waals surface area contributed by atoms with E-state index in [-0.39, 0.29) is 11.9 Å². The summed E-state index contributed by atoms with van der Waals surface area (Å²) in [4.78, 5) is 24.2. The lowest BCUT2D eigenvalue weighted by Gasteiger charge is -2.21. The number of rotatable bonds is 8. The fourth-order valence-electron chi connectivity index (χ4n) is 3.00. The summed E-state index contributed by atoms with van der Waals surface area (Å²) in [7, 11) is 0. The van der Waals surface area contributed by atoms with E-state index >= 15 is 0 Å². The molecule has 4 nitrogen and oxygen atoms in total. The molecule has 0 saturated heterocycles. The Morgan fingerprint density at radius 2 is 1.67 bits per heavy atom. The SMILES string of the molecule is CCCCCOC(=O)c1cccc(C(=O)OCC2CCCCC2)c1. The Balaban J connectivity index is 1.84. The lowest BCUT2D eigenvalue weighted by molar-refractivity contribution is 0.0410. The van der Waals surface area contributed by atoms with Crippen LogP contribution in [0.4, 0.5) is 0 Å². The van der Waals surface area contributed by atoms with Gasteiger partial charge in [0.15, 0.2) is 0 Å². The van der Waals surface area contributed by atoms with Gasteiger partial charge in [0.1, 0.15) is 0 Å². The van der Waals surface area contributed by atoms with Crippen LogP contribution in [-0.4, -0.2) is 25.2 Å². The molecular formula is C20H28O4. The Kier molecular flexibility index (Phi) is 7.80. The number of ether oxygens (including phenoxy) is 2. The van der Waals surface area contributed by atoms with Gasteiger partial charge in [0.25, 0.3) is 0 Å². The summed E-state index contributed by atoms with van der Waals surface area (Å²) in [6.07, 6.45) is 9.00. The highest BCUT2D eigenvalue weighted by molar-refractivity contribution is 5.95. The van der Waals surface area contributed by atoms with Gasteiger partial charge >= 0.3 is 11.9 Å². The van der Waals surface area contributed by atoms with Crippen LogP contribution in [0.3, 0.4) is 0 Å². The van der Waals surface area contributed by atoms with E-state index in [1.807, 2.05) is 0 Å². The maximum Gasteiger partial charge on any atom is 0.338 e. The first-order valence-corrected chi connectivity index (χ1v) is 9.15. The van der Waals surface area contributed by atoms with Gasteiger partial charge in [-0.3, -0.25) is 0 Å². The van der Waals surface area contributed by atoms with Crippen molar-refractivity contribution < 1.29 is 19.1 Å². The quantitative estimate of drug-likeness (QED) is 0.508. The number of unbranched alkanes of at least 4 members (excludes halogenated alkanes) is 2. The zero-order valence-electron chi connectivity index (χ0n) is 14.6. The summed E-state index contributed by atoms with van der Waals surface area (Å²) in [5, 5.41) is 0. The van der Waals surface area contributed by atoms with Gasteiger partial charge < -0.3 is 9.47 Å². The number of hydrogen-bond acceptors (Lipinski definition) is 4. The van der Waals surface area contributed by atoms with Gasteiger partial charge in [0, 0.05) is 0 Å². The molecule has 0 aromatic heterocycles. The predicted molar refractivity (Wildman–Crippen MR) is 93.1 cm³/mol. The summed E-state index contributed by atoms with van der Waals surface area (Å²) in [6, 6.07) is 6.60. The van der Waals surface area contributed by atoms with Gasteiger partial charge in [-0.1, -0.05) is 45.1 Å². The third-order valence-electron chi connectivity index (χ3n) is 4.49. The number of carbonyl (C=O) groups excluding carboxylic acids is 2. The molecule has 24 heavy (non-hydrogen) atoms. The Labute approximate surface area is 144 Å². The van der Waals surface area contributed by atoms with Gasteiger partial charge in [-0.2, -0.15) is 0 Å². The predicted octanol–water partition coefficient (Wildman–Crippen LogP) is 4.77. The molecule has 0 atom stereocenters. The Morgan fingerprint density at radius 3 is 2.33 bits per heavy atom. The third kappa shape index (κ3) is 5.99. The first kappa shape index (κ1) is 18.5. The van der Waals surface area contributed by atoms with Crippen molar-refractivity contribution in [3.63, 3.8) is 0 Å². The van der Waals surface area contributed by atoms with Crippen molar-refractivity contribution in [2.45, 2.75) is 58.3 Å². The minimum absolute atomic E-state index is 0.360. The molecular weight excluding hydrogens is 304 g/mol. The summed E-state index contributed by atoms with van der Waals surface area (Å²) in [5.74, 6) is -0.261. The summed E-state index contributed by atoms with van der Waals surface area (Å²) >= 11 is 0. The topological polar surface area (TPSA) is 52.6 Å². The van der Waals surface area contributed by atoms with Crippen LogP contribution >= 0.6 is 0 Å². The highest BCUT2D eigenvalue weighted by Gasteiger charge is 2.17. The van der Waals surface area contributed by atoms with Crippen LogP contribution in [0.1, 0.15) is 79.0 Å². The van der Waals surface area contributed by atoms with Crippen molar-refractivity contribution in [3.8, 4) is 0 Å². The fraction of sp³-hybridized carbons (Fsp3) is 0.600. The van der Waals surface area contributed by atoms with Crippen molar-refractivity contribution in [2.24, 2.45) is 5.92 Å². The van der Waals surface area contributed by atoms with E-state index in [4.69, 9.17) is 9.47 Å². The van der Waals surface area contributed by atoms with E-state index in [0.717, 1.165) is 32.1 Å². The molecule has 0 amide bonds. The van der Waals surface area contributed by atoms with Crippen molar-refractivity contribution in [3.05, 3.63) is 35.4 Å². The van der Waals surface area contributed by atoms with Gasteiger partial charge in [0.2, 0.25) is 0 Å². The molecule has 0 spiro atoms. The Bertz CT molecular complexity index is 532. The van der Waals surface area contributed by atoms with Crippen LogP contribution in [0.25, 0.3) is 0 Å². The average Bonchev–Trinajstić information content (AvgIpc) is 2.64. The lowest BCUT2D eigenvalue weighted by Crippen LogP contribution is -2.17. The largest absolute Gasteiger partial charge is 0.462 e. The van der Waals surface area contributed by atoms with Crippen molar-refractivity contribution in [2.75, 3.05) is 13.2 Å². The molecule has 0 bridgehead atoms. The molecule has 0 radical (unpaired) electrons. The van der Waals surface area contributed by atoms with E-state index in [2.05, 4.69) is 6.92 Å². The van der Waals surface area contributed by atoms with Gasteiger partial charge in [0.05, 0.1) is 24.3 Å². The molecule has 0 unspecified atom stereocenters. The molecule has 1 saturated carbocycles.